The van der Waals surface area contributed by atoms with E-state index in [0.717, 1.165) is 30.5 Å². The lowest BCUT2D eigenvalue weighted by molar-refractivity contribution is 0.0438. The molecule has 8 nitrogen and oxygen atoms in total. The van der Waals surface area contributed by atoms with Gasteiger partial charge in [-0.25, -0.2) is 13.8 Å². The summed E-state index contributed by atoms with van der Waals surface area (Å²) < 4.78 is 32.1. The van der Waals surface area contributed by atoms with Crippen molar-refractivity contribution in [2.24, 2.45) is 11.7 Å². The van der Waals surface area contributed by atoms with Gasteiger partial charge in [0.15, 0.2) is 0 Å². The number of aliphatic hydroxyl groups is 2. The number of benzene rings is 1. The van der Waals surface area contributed by atoms with Gasteiger partial charge in [-0.3, -0.25) is 4.98 Å². The van der Waals surface area contributed by atoms with E-state index in [-0.39, 0.29) is 34.7 Å². The summed E-state index contributed by atoms with van der Waals surface area (Å²) in [5, 5.41) is 29.0. The number of rotatable bonds is 5. The molecule has 39 heavy (non-hydrogen) atoms. The van der Waals surface area contributed by atoms with Gasteiger partial charge in [0.1, 0.15) is 11.6 Å². The lowest BCUT2D eigenvalue weighted by atomic mass is 9.74. The monoisotopic (exact) mass is 534 g/mol. The van der Waals surface area contributed by atoms with E-state index in [1.54, 1.807) is 30.7 Å². The summed E-state index contributed by atoms with van der Waals surface area (Å²) in [5.41, 5.74) is 7.50. The highest BCUT2D eigenvalue weighted by atomic mass is 19.1. The molecule has 204 valence electrons. The van der Waals surface area contributed by atoms with Gasteiger partial charge < -0.3 is 21.3 Å². The Hall–Kier alpha value is -3.47. The van der Waals surface area contributed by atoms with Crippen molar-refractivity contribution >= 4 is 17.2 Å². The van der Waals surface area contributed by atoms with Gasteiger partial charge in [0.25, 0.3) is 0 Å². The minimum Gasteiger partial charge on any atom is -0.391 e. The molecular weight excluding hydrogens is 502 g/mol. The van der Waals surface area contributed by atoms with Gasteiger partial charge >= 0.3 is 0 Å². The van der Waals surface area contributed by atoms with Gasteiger partial charge in [0.2, 0.25) is 5.95 Å². The Bertz CT molecular complexity index is 1480. The number of fused-ring (bicyclic) bond motifs is 1. The van der Waals surface area contributed by atoms with Gasteiger partial charge in [-0.15, -0.1) is 0 Å². The third kappa shape index (κ3) is 4.66. The maximum Gasteiger partial charge on any atom is 0.229 e. The van der Waals surface area contributed by atoms with Crippen LogP contribution in [0.25, 0.3) is 16.8 Å². The fourth-order valence-electron chi connectivity index (χ4n) is 6.25. The highest BCUT2D eigenvalue weighted by Crippen LogP contribution is 2.41. The molecule has 4 atom stereocenters. The van der Waals surface area contributed by atoms with Gasteiger partial charge in [0, 0.05) is 12.2 Å². The first-order valence-electron chi connectivity index (χ1n) is 13.4. The summed E-state index contributed by atoms with van der Waals surface area (Å²) >= 11 is 0. The third-order valence-electron chi connectivity index (χ3n) is 8.43. The summed E-state index contributed by atoms with van der Waals surface area (Å²) in [5.74, 6) is -0.999. The van der Waals surface area contributed by atoms with Gasteiger partial charge in [-0.1, -0.05) is 19.8 Å². The highest BCUT2D eigenvalue weighted by Gasteiger charge is 2.35. The largest absolute Gasteiger partial charge is 0.391 e. The minimum atomic E-state index is -1.20. The Balaban J connectivity index is 1.33. The van der Waals surface area contributed by atoms with E-state index in [9.17, 15) is 10.2 Å². The average Bonchev–Trinajstić information content (AvgIpc) is 3.54. The van der Waals surface area contributed by atoms with Crippen LogP contribution in [-0.2, 0) is 5.60 Å². The predicted molar refractivity (Wildman–Crippen MR) is 143 cm³/mol. The number of pyridine rings is 1. The highest BCUT2D eigenvalue weighted by molar-refractivity contribution is 5.66. The molecule has 0 unspecified atom stereocenters. The Kier molecular flexibility index (Phi) is 6.57. The van der Waals surface area contributed by atoms with E-state index in [1.807, 2.05) is 13.0 Å². The van der Waals surface area contributed by atoms with Crippen molar-refractivity contribution in [1.29, 1.82) is 0 Å². The quantitative estimate of drug-likeness (QED) is 0.291. The van der Waals surface area contributed by atoms with E-state index in [4.69, 9.17) is 5.73 Å². The number of nitrogens with zero attached hydrogens (tertiary/aromatic N) is 4. The summed E-state index contributed by atoms with van der Waals surface area (Å²) in [6.07, 6.45) is 8.55. The Morgan fingerprint density at radius 3 is 2.54 bits per heavy atom. The third-order valence-corrected chi connectivity index (χ3v) is 8.43. The summed E-state index contributed by atoms with van der Waals surface area (Å²) in [6, 6.07) is 7.31. The number of halogens is 2. The topological polar surface area (TPSA) is 122 Å². The lowest BCUT2D eigenvalue weighted by Crippen LogP contribution is -2.44. The number of imidazole rings is 1. The summed E-state index contributed by atoms with van der Waals surface area (Å²) in [4.78, 5) is 8.72. The van der Waals surface area contributed by atoms with Crippen molar-refractivity contribution in [2.45, 2.75) is 69.1 Å². The smallest absolute Gasteiger partial charge is 0.229 e. The molecule has 0 bridgehead atoms. The van der Waals surface area contributed by atoms with E-state index in [2.05, 4.69) is 20.4 Å². The van der Waals surface area contributed by atoms with E-state index >= 15 is 8.78 Å². The number of anilines is 2. The van der Waals surface area contributed by atoms with Gasteiger partial charge in [-0.05, 0) is 79.0 Å². The van der Waals surface area contributed by atoms with Gasteiger partial charge in [0.05, 0.1) is 46.6 Å². The number of nitrogens with one attached hydrogen (secondary N) is 1. The van der Waals surface area contributed by atoms with Crippen LogP contribution in [-0.4, -0.2) is 41.9 Å². The Labute approximate surface area is 224 Å². The number of hydrogen-bond acceptors (Lipinski definition) is 7. The van der Waals surface area contributed by atoms with Crippen molar-refractivity contribution in [2.75, 3.05) is 5.32 Å². The maximum absolute atomic E-state index is 15.3. The molecule has 5 N–H and O–H groups in total. The SMILES string of the molecule is C[C@H]1C[C@@H](c2ccncc2Nc2ncc3ccc(-c4c(F)cc(C5(O)CCCC5)cc4F)nn23)C[C@@H](N)[C@H]1O. The van der Waals surface area contributed by atoms with Crippen LogP contribution in [0.5, 0.6) is 0 Å². The van der Waals surface area contributed by atoms with Crippen LogP contribution in [0.15, 0.2) is 48.9 Å². The van der Waals surface area contributed by atoms with E-state index in [0.29, 0.717) is 30.7 Å². The molecule has 2 aliphatic rings. The van der Waals surface area contributed by atoms with Gasteiger partial charge in [-0.2, -0.15) is 9.61 Å². The zero-order valence-electron chi connectivity index (χ0n) is 21.7. The summed E-state index contributed by atoms with van der Waals surface area (Å²) in [7, 11) is 0. The molecule has 6 rings (SSSR count). The van der Waals surface area contributed by atoms with Crippen LogP contribution in [0.4, 0.5) is 20.4 Å². The first kappa shape index (κ1) is 25.8. The molecule has 3 heterocycles. The number of hydrogen-bond donors (Lipinski definition) is 4. The lowest BCUT2D eigenvalue weighted by Gasteiger charge is -2.36. The maximum atomic E-state index is 15.3. The van der Waals surface area contributed by atoms with E-state index < -0.39 is 23.3 Å². The first-order valence-corrected chi connectivity index (χ1v) is 13.4. The number of aromatic nitrogens is 4. The second kappa shape index (κ2) is 9.93. The van der Waals surface area contributed by atoms with Crippen molar-refractivity contribution in [3.05, 3.63) is 71.7 Å². The molecule has 0 spiro atoms. The zero-order valence-corrected chi connectivity index (χ0v) is 21.7. The second-order valence-electron chi connectivity index (χ2n) is 11.1. The molecule has 4 aromatic rings. The second-order valence-corrected chi connectivity index (χ2v) is 11.1. The molecular formula is C29H32F2N6O2. The molecule has 0 aliphatic heterocycles. The van der Waals surface area contributed by atoms with E-state index in [1.165, 1.54) is 16.6 Å². The molecule has 1 aromatic carbocycles. The average molecular weight is 535 g/mol. The molecule has 10 heteroatoms. The van der Waals surface area contributed by atoms with Crippen LogP contribution in [0.2, 0.25) is 0 Å². The predicted octanol–water partition coefficient (Wildman–Crippen LogP) is 4.78. The van der Waals surface area contributed by atoms with Crippen molar-refractivity contribution in [3.63, 3.8) is 0 Å². The standard InChI is InChI=1S/C29H32F2N6O2/c1-16-10-17(11-23(32)27(16)38)20-6-9-33-15-25(20)35-28-34-14-19-4-5-24(36-37(19)28)26-21(30)12-18(13-22(26)31)29(39)7-2-3-8-29/h4-6,9,12-17,23,27,38-39H,2-3,7-8,10-11,32H2,1H3,(H,34,35)/t16-,17+,23+,27-/m0/s1. The Morgan fingerprint density at radius 1 is 1.08 bits per heavy atom. The molecule has 3 aromatic heterocycles. The minimum absolute atomic E-state index is 0.0572. The number of aliphatic hydroxyl groups excluding tert-OH is 1. The molecule has 0 amide bonds. The van der Waals surface area contributed by atoms with Crippen LogP contribution in [0.3, 0.4) is 0 Å². The molecule has 2 fully saturated rings. The molecule has 0 radical (unpaired) electrons. The first-order chi connectivity index (χ1) is 18.7. The van der Waals surface area contributed by atoms with Crippen LogP contribution >= 0.6 is 0 Å². The number of nitrogens with two attached hydrogens (primary N) is 1. The fraction of sp³-hybridized carbons (Fsp3) is 0.414. The fourth-order valence-corrected chi connectivity index (χ4v) is 6.25. The van der Waals surface area contributed by atoms with Crippen LogP contribution < -0.4 is 11.1 Å². The molecule has 0 saturated heterocycles. The van der Waals surface area contributed by atoms with Crippen molar-refractivity contribution in [1.82, 2.24) is 19.6 Å². The molecule has 2 saturated carbocycles. The normalized spacial score (nSPS) is 24.8. The molecule has 2 aliphatic carbocycles. The Morgan fingerprint density at radius 2 is 1.82 bits per heavy atom. The van der Waals surface area contributed by atoms with Crippen LogP contribution in [0.1, 0.15) is 62.5 Å². The zero-order chi connectivity index (χ0) is 27.3. The van der Waals surface area contributed by atoms with Crippen molar-refractivity contribution < 1.29 is 19.0 Å². The van der Waals surface area contributed by atoms with Crippen molar-refractivity contribution in [3.8, 4) is 11.3 Å². The van der Waals surface area contributed by atoms with Crippen LogP contribution in [0, 0.1) is 17.6 Å². The summed E-state index contributed by atoms with van der Waals surface area (Å²) in [6.45, 7) is 2.00.